The minimum atomic E-state index is -0.370. The molecule has 82 valence electrons. The van der Waals surface area contributed by atoms with Crippen LogP contribution < -0.4 is 4.74 Å². The van der Waals surface area contributed by atoms with Crippen LogP contribution in [0.5, 0.6) is 5.75 Å². The molecule has 1 saturated heterocycles. The van der Waals surface area contributed by atoms with E-state index in [1.807, 2.05) is 30.3 Å². The fraction of sp³-hybridized carbons (Fsp3) is 0.500. The number of aliphatic hydroxyl groups excluding tert-OH is 1. The van der Waals surface area contributed by atoms with E-state index in [-0.39, 0.29) is 12.2 Å². The Morgan fingerprint density at radius 2 is 2.07 bits per heavy atom. The highest BCUT2D eigenvalue weighted by atomic mass is 16.5. The second kappa shape index (κ2) is 4.64. The fourth-order valence-corrected chi connectivity index (χ4v) is 1.88. The van der Waals surface area contributed by atoms with Gasteiger partial charge in [-0.25, -0.2) is 0 Å². The van der Waals surface area contributed by atoms with Gasteiger partial charge in [0, 0.05) is 13.1 Å². The van der Waals surface area contributed by atoms with Gasteiger partial charge >= 0.3 is 0 Å². The Kier molecular flexibility index (Phi) is 3.23. The summed E-state index contributed by atoms with van der Waals surface area (Å²) in [6.45, 7) is 4.59. The zero-order valence-corrected chi connectivity index (χ0v) is 8.97. The Bertz CT molecular complexity index is 302. The van der Waals surface area contributed by atoms with Crippen molar-refractivity contribution in [1.29, 1.82) is 0 Å². The van der Waals surface area contributed by atoms with Crippen molar-refractivity contribution < 1.29 is 9.84 Å². The lowest BCUT2D eigenvalue weighted by Crippen LogP contribution is -2.29. The maximum atomic E-state index is 9.79. The van der Waals surface area contributed by atoms with Crippen molar-refractivity contribution in [3.63, 3.8) is 0 Å². The molecule has 2 atom stereocenters. The molecule has 15 heavy (non-hydrogen) atoms. The Morgan fingerprint density at radius 1 is 1.33 bits per heavy atom. The van der Waals surface area contributed by atoms with Gasteiger partial charge in [0.1, 0.15) is 18.0 Å². The highest BCUT2D eigenvalue weighted by Gasteiger charge is 2.31. The minimum Gasteiger partial charge on any atom is -0.486 e. The second-order valence-corrected chi connectivity index (χ2v) is 3.89. The average Bonchev–Trinajstić information content (AvgIpc) is 2.61. The molecule has 0 aliphatic carbocycles. The molecule has 0 aromatic heterocycles. The van der Waals surface area contributed by atoms with Crippen LogP contribution >= 0.6 is 0 Å². The molecule has 0 amide bonds. The SMILES string of the molecule is CCN1CC(O)C(Oc2ccccc2)C1. The smallest absolute Gasteiger partial charge is 0.138 e. The van der Waals surface area contributed by atoms with Gasteiger partial charge in [-0.15, -0.1) is 0 Å². The Labute approximate surface area is 90.3 Å². The summed E-state index contributed by atoms with van der Waals surface area (Å²) in [5.41, 5.74) is 0. The normalized spacial score (nSPS) is 26.8. The predicted octanol–water partition coefficient (Wildman–Crippen LogP) is 1.13. The number of rotatable bonds is 3. The summed E-state index contributed by atoms with van der Waals surface area (Å²) in [6, 6.07) is 9.67. The van der Waals surface area contributed by atoms with Gasteiger partial charge in [-0.05, 0) is 18.7 Å². The first-order valence-electron chi connectivity index (χ1n) is 5.41. The number of hydrogen-bond donors (Lipinski definition) is 1. The van der Waals surface area contributed by atoms with Crippen molar-refractivity contribution in [1.82, 2.24) is 4.90 Å². The van der Waals surface area contributed by atoms with Crippen LogP contribution in [0.3, 0.4) is 0 Å². The standard InChI is InChI=1S/C12H17NO2/c1-2-13-8-11(14)12(9-13)15-10-6-4-3-5-7-10/h3-7,11-12,14H,2,8-9H2,1H3. The first kappa shape index (κ1) is 10.5. The largest absolute Gasteiger partial charge is 0.486 e. The highest BCUT2D eigenvalue weighted by molar-refractivity contribution is 5.21. The number of benzene rings is 1. The van der Waals surface area contributed by atoms with Crippen LogP contribution in [-0.4, -0.2) is 41.8 Å². The van der Waals surface area contributed by atoms with E-state index in [1.54, 1.807) is 0 Å². The second-order valence-electron chi connectivity index (χ2n) is 3.89. The Hall–Kier alpha value is -1.06. The van der Waals surface area contributed by atoms with Crippen LogP contribution in [0.2, 0.25) is 0 Å². The molecule has 0 radical (unpaired) electrons. The summed E-state index contributed by atoms with van der Waals surface area (Å²) < 4.78 is 5.73. The van der Waals surface area contributed by atoms with Gasteiger partial charge in [-0.3, -0.25) is 4.90 Å². The van der Waals surface area contributed by atoms with Crippen molar-refractivity contribution in [2.24, 2.45) is 0 Å². The molecule has 3 heteroatoms. The maximum Gasteiger partial charge on any atom is 0.138 e. The third-order valence-electron chi connectivity index (χ3n) is 2.79. The molecule has 3 nitrogen and oxygen atoms in total. The van der Waals surface area contributed by atoms with E-state index in [0.717, 1.165) is 18.8 Å². The van der Waals surface area contributed by atoms with Crippen LogP contribution in [0, 0.1) is 0 Å². The molecule has 1 aliphatic rings. The first-order chi connectivity index (χ1) is 7.29. The van der Waals surface area contributed by atoms with E-state index < -0.39 is 0 Å². The molecule has 1 aromatic rings. The average molecular weight is 207 g/mol. The van der Waals surface area contributed by atoms with Gasteiger partial charge in [-0.1, -0.05) is 25.1 Å². The number of aliphatic hydroxyl groups is 1. The van der Waals surface area contributed by atoms with Crippen LogP contribution in [0.1, 0.15) is 6.92 Å². The van der Waals surface area contributed by atoms with Gasteiger partial charge in [0.2, 0.25) is 0 Å². The number of nitrogens with zero attached hydrogens (tertiary/aromatic N) is 1. The Balaban J connectivity index is 1.96. The Morgan fingerprint density at radius 3 is 2.67 bits per heavy atom. The molecule has 2 rings (SSSR count). The first-order valence-corrected chi connectivity index (χ1v) is 5.41. The summed E-state index contributed by atoms with van der Waals surface area (Å²) in [5, 5.41) is 9.79. The van der Waals surface area contributed by atoms with Gasteiger partial charge in [-0.2, -0.15) is 0 Å². The molecule has 1 N–H and O–H groups in total. The number of hydrogen-bond acceptors (Lipinski definition) is 3. The summed E-state index contributed by atoms with van der Waals surface area (Å²) in [4.78, 5) is 2.19. The molecule has 0 bridgehead atoms. The number of likely N-dealkylation sites (N-methyl/N-ethyl adjacent to an activating group) is 1. The molecular weight excluding hydrogens is 190 g/mol. The summed E-state index contributed by atoms with van der Waals surface area (Å²) in [6.07, 6.45) is -0.461. The highest BCUT2D eigenvalue weighted by Crippen LogP contribution is 2.17. The summed E-state index contributed by atoms with van der Waals surface area (Å²) in [7, 11) is 0. The quantitative estimate of drug-likeness (QED) is 0.806. The van der Waals surface area contributed by atoms with Crippen molar-refractivity contribution in [2.75, 3.05) is 19.6 Å². The van der Waals surface area contributed by atoms with Crippen molar-refractivity contribution in [2.45, 2.75) is 19.1 Å². The molecule has 1 aromatic carbocycles. The number of likely N-dealkylation sites (tertiary alicyclic amines) is 1. The van der Waals surface area contributed by atoms with Gasteiger partial charge < -0.3 is 9.84 Å². The van der Waals surface area contributed by atoms with Crippen molar-refractivity contribution in [3.8, 4) is 5.75 Å². The van der Waals surface area contributed by atoms with Crippen LogP contribution in [0.25, 0.3) is 0 Å². The maximum absolute atomic E-state index is 9.79. The van der Waals surface area contributed by atoms with E-state index in [2.05, 4.69) is 11.8 Å². The van der Waals surface area contributed by atoms with Crippen LogP contribution in [-0.2, 0) is 0 Å². The van der Waals surface area contributed by atoms with E-state index in [4.69, 9.17) is 4.74 Å². The van der Waals surface area contributed by atoms with Gasteiger partial charge in [0.15, 0.2) is 0 Å². The van der Waals surface area contributed by atoms with Crippen LogP contribution in [0.4, 0.5) is 0 Å². The van der Waals surface area contributed by atoms with E-state index in [1.165, 1.54) is 0 Å². The molecular formula is C12H17NO2. The molecule has 0 spiro atoms. The van der Waals surface area contributed by atoms with Crippen molar-refractivity contribution >= 4 is 0 Å². The summed E-state index contributed by atoms with van der Waals surface area (Å²) >= 11 is 0. The zero-order valence-electron chi connectivity index (χ0n) is 8.97. The van der Waals surface area contributed by atoms with Crippen LogP contribution in [0.15, 0.2) is 30.3 Å². The van der Waals surface area contributed by atoms with E-state index in [0.29, 0.717) is 6.54 Å². The fourth-order valence-electron chi connectivity index (χ4n) is 1.88. The lowest BCUT2D eigenvalue weighted by Gasteiger charge is -2.16. The lowest BCUT2D eigenvalue weighted by atomic mass is 10.2. The molecule has 1 heterocycles. The number of ether oxygens (including phenoxy) is 1. The minimum absolute atomic E-state index is 0.0904. The molecule has 0 saturated carbocycles. The third kappa shape index (κ3) is 2.49. The summed E-state index contributed by atoms with van der Waals surface area (Å²) in [5.74, 6) is 0.833. The lowest BCUT2D eigenvalue weighted by molar-refractivity contribution is 0.0737. The number of para-hydroxylation sites is 1. The van der Waals surface area contributed by atoms with E-state index >= 15 is 0 Å². The van der Waals surface area contributed by atoms with E-state index in [9.17, 15) is 5.11 Å². The zero-order chi connectivity index (χ0) is 10.7. The number of β-amino-alcohol motifs (C(OH)–C–C–N with tert-alkyl or cyclic N) is 1. The van der Waals surface area contributed by atoms with Crippen molar-refractivity contribution in [3.05, 3.63) is 30.3 Å². The topological polar surface area (TPSA) is 32.7 Å². The molecule has 1 aliphatic heterocycles. The van der Waals surface area contributed by atoms with Gasteiger partial charge in [0.25, 0.3) is 0 Å². The predicted molar refractivity (Wildman–Crippen MR) is 59.0 cm³/mol. The molecule has 2 unspecified atom stereocenters. The molecule has 1 fully saturated rings. The monoisotopic (exact) mass is 207 g/mol. The third-order valence-corrected chi connectivity index (χ3v) is 2.79. The van der Waals surface area contributed by atoms with Gasteiger partial charge in [0.05, 0.1) is 0 Å².